The van der Waals surface area contributed by atoms with E-state index >= 15 is 0 Å². The van der Waals surface area contributed by atoms with Gasteiger partial charge in [0.2, 0.25) is 5.95 Å². The second kappa shape index (κ2) is 6.39. The second-order valence-corrected chi connectivity index (χ2v) is 5.60. The van der Waals surface area contributed by atoms with Crippen LogP contribution in [0, 0.1) is 0 Å². The van der Waals surface area contributed by atoms with Gasteiger partial charge < -0.3 is 15.2 Å². The average molecular weight is 325 g/mol. The number of nitrogens with zero attached hydrogens (tertiary/aromatic N) is 3. The maximum absolute atomic E-state index is 6.02. The number of halogens is 1. The van der Waals surface area contributed by atoms with Gasteiger partial charge in [0.1, 0.15) is 0 Å². The lowest BCUT2D eigenvalue weighted by atomic mass is 10.3. The molecule has 0 aliphatic heterocycles. The molecule has 0 saturated carbocycles. The fourth-order valence-corrected chi connectivity index (χ4v) is 2.69. The van der Waals surface area contributed by atoms with E-state index in [1.165, 1.54) is 6.42 Å². The van der Waals surface area contributed by atoms with Crippen molar-refractivity contribution in [2.24, 2.45) is 0 Å². The number of aromatic nitrogens is 2. The van der Waals surface area contributed by atoms with Gasteiger partial charge in [-0.15, -0.1) is 0 Å². The minimum absolute atomic E-state index is 0.598. The zero-order chi connectivity index (χ0) is 13.8. The first-order valence-corrected chi connectivity index (χ1v) is 7.58. The van der Waals surface area contributed by atoms with Crippen LogP contribution in [0.1, 0.15) is 20.3 Å². The summed E-state index contributed by atoms with van der Waals surface area (Å²) in [6.07, 6.45) is 1.18. The van der Waals surface area contributed by atoms with E-state index in [1.807, 2.05) is 12.1 Å². The third kappa shape index (κ3) is 3.28. The van der Waals surface area contributed by atoms with Crippen molar-refractivity contribution in [2.45, 2.75) is 26.8 Å². The van der Waals surface area contributed by atoms with Crippen molar-refractivity contribution in [3.05, 3.63) is 22.7 Å². The fraction of sp³-hybridized carbons (Fsp3) is 0.500. The maximum Gasteiger partial charge on any atom is 0.201 e. The van der Waals surface area contributed by atoms with Gasteiger partial charge in [0.15, 0.2) is 0 Å². The van der Waals surface area contributed by atoms with Crippen molar-refractivity contribution < 1.29 is 0 Å². The zero-order valence-corrected chi connectivity index (χ0v) is 13.2. The van der Waals surface area contributed by atoms with Gasteiger partial charge in [0.25, 0.3) is 0 Å². The Bertz CT molecular complexity index is 550. The van der Waals surface area contributed by atoms with Gasteiger partial charge in [0, 0.05) is 17.6 Å². The Kier molecular flexibility index (Phi) is 4.82. The number of anilines is 1. The van der Waals surface area contributed by atoms with E-state index in [-0.39, 0.29) is 0 Å². The molecule has 0 bridgehead atoms. The number of likely N-dealkylation sites (N-methyl/N-ethyl adjacent to an activating group) is 1. The van der Waals surface area contributed by atoms with Gasteiger partial charge in [-0.05, 0) is 37.7 Å². The summed E-state index contributed by atoms with van der Waals surface area (Å²) in [5.41, 5.74) is 8.08. The van der Waals surface area contributed by atoms with Crippen molar-refractivity contribution >= 4 is 32.9 Å². The van der Waals surface area contributed by atoms with Crippen molar-refractivity contribution in [3.8, 4) is 0 Å². The Hall–Kier alpha value is -1.07. The molecule has 19 heavy (non-hydrogen) atoms. The predicted octanol–water partition coefficient (Wildman–Crippen LogP) is 3.11. The molecule has 0 radical (unpaired) electrons. The van der Waals surface area contributed by atoms with Crippen molar-refractivity contribution in [1.29, 1.82) is 0 Å². The summed E-state index contributed by atoms with van der Waals surface area (Å²) in [5, 5.41) is 0. The minimum atomic E-state index is 0.598. The molecular weight excluding hydrogens is 304 g/mol. The molecule has 2 N–H and O–H groups in total. The van der Waals surface area contributed by atoms with Crippen LogP contribution in [-0.2, 0) is 6.54 Å². The number of nitrogens with two attached hydrogens (primary N) is 1. The van der Waals surface area contributed by atoms with Gasteiger partial charge in [-0.25, -0.2) is 4.98 Å². The van der Waals surface area contributed by atoms with Crippen LogP contribution in [0.25, 0.3) is 11.0 Å². The van der Waals surface area contributed by atoms with Gasteiger partial charge in [-0.1, -0.05) is 29.8 Å². The van der Waals surface area contributed by atoms with Crippen LogP contribution in [0.5, 0.6) is 0 Å². The zero-order valence-electron chi connectivity index (χ0n) is 11.6. The van der Waals surface area contributed by atoms with E-state index in [2.05, 4.69) is 50.3 Å². The highest BCUT2D eigenvalue weighted by Crippen LogP contribution is 2.21. The van der Waals surface area contributed by atoms with Gasteiger partial charge in [-0.2, -0.15) is 0 Å². The molecule has 2 rings (SSSR count). The number of fused-ring (bicyclic) bond motifs is 1. The first-order chi connectivity index (χ1) is 9.15. The maximum atomic E-state index is 6.02. The number of hydrogen-bond acceptors (Lipinski definition) is 3. The normalized spacial score (nSPS) is 11.6. The van der Waals surface area contributed by atoms with Crippen LogP contribution in [0.4, 0.5) is 5.95 Å². The largest absolute Gasteiger partial charge is 0.369 e. The Labute approximate surface area is 122 Å². The summed E-state index contributed by atoms with van der Waals surface area (Å²) < 4.78 is 3.13. The smallest absolute Gasteiger partial charge is 0.201 e. The van der Waals surface area contributed by atoms with Crippen LogP contribution in [0.15, 0.2) is 22.7 Å². The highest BCUT2D eigenvalue weighted by Gasteiger charge is 2.09. The van der Waals surface area contributed by atoms with E-state index in [1.54, 1.807) is 0 Å². The molecule has 0 fully saturated rings. The van der Waals surface area contributed by atoms with Crippen LogP contribution >= 0.6 is 15.9 Å². The van der Waals surface area contributed by atoms with Crippen LogP contribution in [-0.4, -0.2) is 34.1 Å². The van der Waals surface area contributed by atoms with Gasteiger partial charge in [0.05, 0.1) is 11.0 Å². The average Bonchev–Trinajstić information content (AvgIpc) is 2.69. The lowest BCUT2D eigenvalue weighted by Gasteiger charge is -2.20. The Balaban J connectivity index is 2.18. The standard InChI is InChI=1S/C14H21BrN4/c1-3-7-18(4-2)8-9-19-13-6-5-11(15)10-12(13)17-14(19)16/h5-6,10H,3-4,7-9H2,1-2H3,(H2,16,17). The molecule has 0 atom stereocenters. The quantitative estimate of drug-likeness (QED) is 0.888. The third-order valence-corrected chi connectivity index (χ3v) is 3.86. The molecule has 104 valence electrons. The molecule has 1 aromatic heterocycles. The number of hydrogen-bond donors (Lipinski definition) is 1. The lowest BCUT2D eigenvalue weighted by Crippen LogP contribution is -2.28. The van der Waals surface area contributed by atoms with E-state index in [0.717, 1.165) is 41.7 Å². The number of benzene rings is 1. The lowest BCUT2D eigenvalue weighted by molar-refractivity contribution is 0.278. The molecule has 0 aliphatic rings. The molecule has 0 aliphatic carbocycles. The first-order valence-electron chi connectivity index (χ1n) is 6.79. The van der Waals surface area contributed by atoms with E-state index in [4.69, 9.17) is 5.73 Å². The van der Waals surface area contributed by atoms with Crippen LogP contribution in [0.3, 0.4) is 0 Å². The summed E-state index contributed by atoms with van der Waals surface area (Å²) in [6.45, 7) is 8.51. The molecule has 0 amide bonds. The SMILES string of the molecule is CCCN(CC)CCn1c(N)nc2cc(Br)ccc21. The molecule has 4 nitrogen and oxygen atoms in total. The van der Waals surface area contributed by atoms with Gasteiger partial charge >= 0.3 is 0 Å². The monoisotopic (exact) mass is 324 g/mol. The molecule has 1 heterocycles. The molecule has 2 aromatic rings. The van der Waals surface area contributed by atoms with Crippen LogP contribution in [0.2, 0.25) is 0 Å². The fourth-order valence-electron chi connectivity index (χ4n) is 2.34. The Morgan fingerprint density at radius 2 is 2.11 bits per heavy atom. The summed E-state index contributed by atoms with van der Waals surface area (Å²) in [7, 11) is 0. The number of imidazole rings is 1. The molecule has 0 saturated heterocycles. The minimum Gasteiger partial charge on any atom is -0.369 e. The molecule has 0 spiro atoms. The van der Waals surface area contributed by atoms with Crippen molar-refractivity contribution in [3.63, 3.8) is 0 Å². The Morgan fingerprint density at radius 1 is 1.32 bits per heavy atom. The highest BCUT2D eigenvalue weighted by atomic mass is 79.9. The Morgan fingerprint density at radius 3 is 2.79 bits per heavy atom. The molecule has 5 heteroatoms. The van der Waals surface area contributed by atoms with E-state index in [0.29, 0.717) is 5.95 Å². The molecule has 1 aromatic carbocycles. The van der Waals surface area contributed by atoms with Crippen LogP contribution < -0.4 is 5.73 Å². The molecule has 0 unspecified atom stereocenters. The summed E-state index contributed by atoms with van der Waals surface area (Å²) in [4.78, 5) is 6.85. The topological polar surface area (TPSA) is 47.1 Å². The second-order valence-electron chi connectivity index (χ2n) is 4.69. The van der Waals surface area contributed by atoms with E-state index in [9.17, 15) is 0 Å². The highest BCUT2D eigenvalue weighted by molar-refractivity contribution is 9.10. The van der Waals surface area contributed by atoms with Gasteiger partial charge in [-0.3, -0.25) is 0 Å². The van der Waals surface area contributed by atoms with E-state index < -0.39 is 0 Å². The van der Waals surface area contributed by atoms with Crippen molar-refractivity contribution in [1.82, 2.24) is 14.5 Å². The third-order valence-electron chi connectivity index (χ3n) is 3.37. The number of rotatable bonds is 6. The summed E-state index contributed by atoms with van der Waals surface area (Å²) in [5.74, 6) is 0.598. The molecular formula is C14H21BrN4. The van der Waals surface area contributed by atoms with Crippen molar-refractivity contribution in [2.75, 3.05) is 25.4 Å². The predicted molar refractivity (Wildman–Crippen MR) is 84.3 cm³/mol. The summed E-state index contributed by atoms with van der Waals surface area (Å²) in [6, 6.07) is 6.11. The summed E-state index contributed by atoms with van der Waals surface area (Å²) >= 11 is 3.46. The first kappa shape index (κ1) is 14.3. The number of nitrogen functional groups attached to an aromatic ring is 1.